The molecular weight excluding hydrogens is 210 g/mol. The highest BCUT2D eigenvalue weighted by Crippen LogP contribution is 2.30. The van der Waals surface area contributed by atoms with Gasteiger partial charge in [0.25, 0.3) is 5.91 Å². The van der Waals surface area contributed by atoms with Crippen molar-refractivity contribution in [3.8, 4) is 11.5 Å². The van der Waals surface area contributed by atoms with Gasteiger partial charge in [0.1, 0.15) is 6.61 Å². The number of benzene rings is 1. The second-order valence-corrected chi connectivity index (χ2v) is 3.38. The van der Waals surface area contributed by atoms with E-state index in [1.54, 1.807) is 12.1 Å². The smallest absolute Gasteiger partial charge is 0.264 e. The third-order valence-electron chi connectivity index (χ3n) is 2.21. The maximum Gasteiger partial charge on any atom is 0.264 e. The van der Waals surface area contributed by atoms with Gasteiger partial charge < -0.3 is 19.9 Å². The number of fused-ring (bicyclic) bond motifs is 1. The van der Waals surface area contributed by atoms with E-state index in [0.29, 0.717) is 11.5 Å². The average Bonchev–Trinajstić information content (AvgIpc) is 2.35. The van der Waals surface area contributed by atoms with Gasteiger partial charge in [-0.15, -0.1) is 0 Å². The third kappa shape index (κ3) is 2.25. The number of para-hydroxylation sites is 2. The number of rotatable bonds is 3. The number of ether oxygens (including phenoxy) is 2. The molecule has 0 aliphatic carbocycles. The molecule has 1 aromatic carbocycles. The fourth-order valence-corrected chi connectivity index (χ4v) is 1.44. The molecule has 2 N–H and O–H groups in total. The van der Waals surface area contributed by atoms with Crippen molar-refractivity contribution in [3.05, 3.63) is 24.3 Å². The minimum atomic E-state index is -0.651. The van der Waals surface area contributed by atoms with Crippen LogP contribution < -0.4 is 14.8 Å². The van der Waals surface area contributed by atoms with Gasteiger partial charge in [0.2, 0.25) is 6.10 Å². The monoisotopic (exact) mass is 223 g/mol. The van der Waals surface area contributed by atoms with Crippen LogP contribution in [-0.4, -0.2) is 36.9 Å². The molecule has 0 bridgehead atoms. The zero-order valence-electron chi connectivity index (χ0n) is 8.68. The molecule has 1 aliphatic heterocycles. The summed E-state index contributed by atoms with van der Waals surface area (Å²) in [7, 11) is 0. The van der Waals surface area contributed by atoms with E-state index in [-0.39, 0.29) is 25.7 Å². The fraction of sp³-hybridized carbons (Fsp3) is 0.364. The minimum Gasteiger partial charge on any atom is -0.485 e. The molecule has 0 spiro atoms. The van der Waals surface area contributed by atoms with Crippen molar-refractivity contribution in [2.75, 3.05) is 19.8 Å². The molecule has 1 atom stereocenters. The maximum absolute atomic E-state index is 11.5. The first-order chi connectivity index (χ1) is 7.81. The summed E-state index contributed by atoms with van der Waals surface area (Å²) in [5.41, 5.74) is 0. The zero-order valence-corrected chi connectivity index (χ0v) is 8.68. The molecule has 16 heavy (non-hydrogen) atoms. The summed E-state index contributed by atoms with van der Waals surface area (Å²) in [6.07, 6.45) is -0.651. The normalized spacial score (nSPS) is 17.9. The number of carbonyl (C=O) groups is 1. The Balaban J connectivity index is 1.99. The lowest BCUT2D eigenvalue weighted by molar-refractivity contribution is -0.130. The molecule has 5 heteroatoms. The van der Waals surface area contributed by atoms with Crippen molar-refractivity contribution >= 4 is 5.91 Å². The summed E-state index contributed by atoms with van der Waals surface area (Å²) in [6, 6.07) is 7.20. The SMILES string of the molecule is O=C(NCCO)[C@H]1COc2ccccc2O1. The lowest BCUT2D eigenvalue weighted by atomic mass is 10.2. The third-order valence-corrected chi connectivity index (χ3v) is 2.21. The van der Waals surface area contributed by atoms with Crippen molar-refractivity contribution in [2.24, 2.45) is 0 Å². The highest BCUT2D eigenvalue weighted by molar-refractivity contribution is 5.81. The molecule has 2 rings (SSSR count). The highest BCUT2D eigenvalue weighted by atomic mass is 16.6. The number of hydrogen-bond acceptors (Lipinski definition) is 4. The van der Waals surface area contributed by atoms with E-state index >= 15 is 0 Å². The molecule has 0 unspecified atom stereocenters. The van der Waals surface area contributed by atoms with E-state index in [9.17, 15) is 4.79 Å². The molecule has 1 heterocycles. The Morgan fingerprint density at radius 1 is 1.44 bits per heavy atom. The number of hydrogen-bond donors (Lipinski definition) is 2. The molecule has 5 nitrogen and oxygen atoms in total. The van der Waals surface area contributed by atoms with E-state index in [0.717, 1.165) is 0 Å². The molecular formula is C11H13NO4. The predicted octanol–water partition coefficient (Wildman–Crippen LogP) is -0.0651. The second-order valence-electron chi connectivity index (χ2n) is 3.38. The summed E-state index contributed by atoms with van der Waals surface area (Å²) < 4.78 is 10.9. The van der Waals surface area contributed by atoms with Crippen LogP contribution in [0.3, 0.4) is 0 Å². The van der Waals surface area contributed by atoms with Crippen molar-refractivity contribution in [2.45, 2.75) is 6.10 Å². The van der Waals surface area contributed by atoms with Crippen molar-refractivity contribution in [1.82, 2.24) is 5.32 Å². The number of nitrogens with one attached hydrogen (secondary N) is 1. The van der Waals surface area contributed by atoms with E-state index < -0.39 is 6.10 Å². The first-order valence-corrected chi connectivity index (χ1v) is 5.08. The lowest BCUT2D eigenvalue weighted by Gasteiger charge is -2.25. The van der Waals surface area contributed by atoms with Gasteiger partial charge in [-0.05, 0) is 12.1 Å². The second kappa shape index (κ2) is 4.85. The Hall–Kier alpha value is -1.75. The van der Waals surface area contributed by atoms with Gasteiger partial charge >= 0.3 is 0 Å². The highest BCUT2D eigenvalue weighted by Gasteiger charge is 2.26. The van der Waals surface area contributed by atoms with Crippen LogP contribution in [0.1, 0.15) is 0 Å². The number of aliphatic hydroxyl groups excluding tert-OH is 1. The van der Waals surface area contributed by atoms with Crippen molar-refractivity contribution in [3.63, 3.8) is 0 Å². The predicted molar refractivity (Wildman–Crippen MR) is 56.4 cm³/mol. The molecule has 1 aromatic rings. The van der Waals surface area contributed by atoms with Crippen LogP contribution in [0.25, 0.3) is 0 Å². The molecule has 0 saturated carbocycles. The molecule has 86 valence electrons. The van der Waals surface area contributed by atoms with E-state index in [4.69, 9.17) is 14.6 Å². The van der Waals surface area contributed by atoms with Gasteiger partial charge in [0.05, 0.1) is 6.61 Å². The van der Waals surface area contributed by atoms with Gasteiger partial charge in [-0.25, -0.2) is 0 Å². The quantitative estimate of drug-likeness (QED) is 0.753. The minimum absolute atomic E-state index is 0.0874. The topological polar surface area (TPSA) is 67.8 Å². The fourth-order valence-electron chi connectivity index (χ4n) is 1.44. The van der Waals surface area contributed by atoms with Crippen molar-refractivity contribution in [1.29, 1.82) is 0 Å². The van der Waals surface area contributed by atoms with Crippen LogP contribution in [0.15, 0.2) is 24.3 Å². The van der Waals surface area contributed by atoms with Crippen LogP contribution in [0, 0.1) is 0 Å². The Bertz CT molecular complexity index is 380. The largest absolute Gasteiger partial charge is 0.485 e. The zero-order chi connectivity index (χ0) is 11.4. The van der Waals surface area contributed by atoms with E-state index in [1.165, 1.54) is 0 Å². The summed E-state index contributed by atoms with van der Waals surface area (Å²) in [5.74, 6) is 0.940. The summed E-state index contributed by atoms with van der Waals surface area (Å²) in [6.45, 7) is 0.324. The van der Waals surface area contributed by atoms with E-state index in [1.807, 2.05) is 12.1 Å². The summed E-state index contributed by atoms with van der Waals surface area (Å²) in [4.78, 5) is 11.5. The number of aliphatic hydroxyl groups is 1. The van der Waals surface area contributed by atoms with Gasteiger partial charge in [0.15, 0.2) is 11.5 Å². The maximum atomic E-state index is 11.5. The molecule has 1 aliphatic rings. The average molecular weight is 223 g/mol. The molecule has 0 aromatic heterocycles. The Kier molecular flexibility index (Phi) is 3.26. The van der Waals surface area contributed by atoms with E-state index in [2.05, 4.69) is 5.32 Å². The first kappa shape index (κ1) is 10.8. The summed E-state index contributed by atoms with van der Waals surface area (Å²) >= 11 is 0. The molecule has 0 fully saturated rings. The molecule has 0 saturated heterocycles. The van der Waals surface area contributed by atoms with Crippen LogP contribution in [0.4, 0.5) is 0 Å². The first-order valence-electron chi connectivity index (χ1n) is 5.08. The van der Waals surface area contributed by atoms with Crippen LogP contribution in [-0.2, 0) is 4.79 Å². The van der Waals surface area contributed by atoms with Crippen LogP contribution in [0.2, 0.25) is 0 Å². The number of amides is 1. The lowest BCUT2D eigenvalue weighted by Crippen LogP contribution is -2.44. The Morgan fingerprint density at radius 3 is 2.94 bits per heavy atom. The molecule has 0 radical (unpaired) electrons. The molecule has 1 amide bonds. The summed E-state index contributed by atoms with van der Waals surface area (Å²) in [5, 5.41) is 11.1. The van der Waals surface area contributed by atoms with Gasteiger partial charge in [-0.3, -0.25) is 4.79 Å². The van der Waals surface area contributed by atoms with Gasteiger partial charge in [0, 0.05) is 6.54 Å². The Morgan fingerprint density at radius 2 is 2.19 bits per heavy atom. The van der Waals surface area contributed by atoms with Crippen LogP contribution >= 0.6 is 0 Å². The van der Waals surface area contributed by atoms with Gasteiger partial charge in [-0.1, -0.05) is 12.1 Å². The Labute approximate surface area is 93.0 Å². The van der Waals surface area contributed by atoms with Gasteiger partial charge in [-0.2, -0.15) is 0 Å². The number of carbonyl (C=O) groups excluding carboxylic acids is 1. The standard InChI is InChI=1S/C11H13NO4/c13-6-5-12-11(14)10-7-15-8-3-1-2-4-9(8)16-10/h1-4,10,13H,5-7H2,(H,12,14)/t10-/m1/s1. The van der Waals surface area contributed by atoms with Crippen molar-refractivity contribution < 1.29 is 19.4 Å². The van der Waals surface area contributed by atoms with Crippen LogP contribution in [0.5, 0.6) is 11.5 Å².